The number of fused-ring (bicyclic) bond motifs is 1. The van der Waals surface area contributed by atoms with Crippen molar-refractivity contribution in [3.63, 3.8) is 0 Å². The molecule has 9 nitrogen and oxygen atoms in total. The molecule has 3 fully saturated rings. The summed E-state index contributed by atoms with van der Waals surface area (Å²) in [5.41, 5.74) is 20.2. The number of carbonyl (C=O) groups is 1. The van der Waals surface area contributed by atoms with Gasteiger partial charge in [-0.15, -0.1) is 0 Å². The van der Waals surface area contributed by atoms with Crippen LogP contribution in [0.25, 0.3) is 39.5 Å². The highest BCUT2D eigenvalue weighted by molar-refractivity contribution is 5.85. The van der Waals surface area contributed by atoms with Gasteiger partial charge in [0.25, 0.3) is 0 Å². The monoisotopic (exact) mass is 598 g/mol. The lowest BCUT2D eigenvalue weighted by Crippen LogP contribution is -2.48. The topological polar surface area (TPSA) is 119 Å². The molecule has 0 atom stereocenters. The van der Waals surface area contributed by atoms with Crippen LogP contribution in [0.5, 0.6) is 0 Å². The number of aromatic nitrogens is 4. The number of piperazine rings is 1. The zero-order chi connectivity index (χ0) is 30.6. The maximum absolute atomic E-state index is 11.5. The Labute approximate surface area is 262 Å². The van der Waals surface area contributed by atoms with E-state index in [9.17, 15) is 4.79 Å². The van der Waals surface area contributed by atoms with Gasteiger partial charge in [0.05, 0.1) is 11.3 Å². The van der Waals surface area contributed by atoms with Crippen molar-refractivity contribution in [1.82, 2.24) is 24.4 Å². The van der Waals surface area contributed by atoms with Crippen LogP contribution in [0.2, 0.25) is 0 Å². The molecule has 0 radical (unpaired) electrons. The maximum atomic E-state index is 11.5. The number of rotatable bonds is 8. The molecule has 1 aliphatic heterocycles. The first-order chi connectivity index (χ1) is 21.9. The fourth-order valence-electron chi connectivity index (χ4n) is 6.88. The smallest absolute Gasteiger partial charge is 0.165 e. The van der Waals surface area contributed by atoms with E-state index < -0.39 is 0 Å². The van der Waals surface area contributed by atoms with Gasteiger partial charge in [0.15, 0.2) is 11.5 Å². The average molecular weight is 599 g/mol. The summed E-state index contributed by atoms with van der Waals surface area (Å²) in [7, 11) is 0. The van der Waals surface area contributed by atoms with E-state index in [0.29, 0.717) is 11.6 Å². The highest BCUT2D eigenvalue weighted by Crippen LogP contribution is 2.44. The third kappa shape index (κ3) is 5.06. The minimum Gasteiger partial charge on any atom is -0.383 e. The van der Waals surface area contributed by atoms with Crippen LogP contribution in [0, 0.1) is 5.41 Å². The van der Waals surface area contributed by atoms with Crippen LogP contribution >= 0.6 is 0 Å². The zero-order valence-corrected chi connectivity index (χ0v) is 25.4. The summed E-state index contributed by atoms with van der Waals surface area (Å²) >= 11 is 0. The van der Waals surface area contributed by atoms with E-state index in [0.717, 1.165) is 97.6 Å². The molecule has 3 aliphatic rings. The number of benzene rings is 2. The highest BCUT2D eigenvalue weighted by Gasteiger charge is 2.44. The van der Waals surface area contributed by atoms with Crippen molar-refractivity contribution in [2.24, 2.45) is 11.1 Å². The summed E-state index contributed by atoms with van der Waals surface area (Å²) in [5, 5.41) is 0. The van der Waals surface area contributed by atoms with Gasteiger partial charge in [0.2, 0.25) is 0 Å². The Morgan fingerprint density at radius 1 is 0.844 bits per heavy atom. The number of nitrogen functional groups attached to an aromatic ring is 1. The average Bonchev–Trinajstić information content (AvgIpc) is 3.74. The second-order valence-electron chi connectivity index (χ2n) is 13.1. The molecule has 9 heteroatoms. The van der Waals surface area contributed by atoms with E-state index >= 15 is 0 Å². The Morgan fingerprint density at radius 2 is 1.64 bits per heavy atom. The van der Waals surface area contributed by atoms with E-state index in [4.69, 9.17) is 21.4 Å². The van der Waals surface area contributed by atoms with Crippen molar-refractivity contribution in [1.29, 1.82) is 0 Å². The SMILES string of the molecule is Nc1ncccc1-c1nc2ccc(-c3cccc(N4CCN(CC5(C=O)CC5)CC4)c3)nc2n1-c1ccc(C2(N)CCC2)cc1. The molecular weight excluding hydrogens is 560 g/mol. The minimum absolute atomic E-state index is 0.0766. The van der Waals surface area contributed by atoms with Crippen molar-refractivity contribution in [2.45, 2.75) is 37.6 Å². The molecule has 5 aromatic rings. The van der Waals surface area contributed by atoms with Crippen molar-refractivity contribution in [3.05, 3.63) is 84.6 Å². The van der Waals surface area contributed by atoms with Crippen molar-refractivity contribution in [2.75, 3.05) is 43.4 Å². The van der Waals surface area contributed by atoms with Gasteiger partial charge < -0.3 is 21.2 Å². The van der Waals surface area contributed by atoms with E-state index in [1.165, 1.54) is 18.4 Å². The van der Waals surface area contributed by atoms with Gasteiger partial charge in [0, 0.05) is 66.8 Å². The van der Waals surface area contributed by atoms with Crippen molar-refractivity contribution >= 4 is 29.0 Å². The number of nitrogens with two attached hydrogens (primary N) is 2. The normalized spacial score (nSPS) is 18.9. The van der Waals surface area contributed by atoms with E-state index in [1.54, 1.807) is 6.20 Å². The van der Waals surface area contributed by atoms with E-state index in [1.807, 2.05) is 24.3 Å². The van der Waals surface area contributed by atoms with Gasteiger partial charge in [0.1, 0.15) is 17.6 Å². The second kappa shape index (κ2) is 10.8. The summed E-state index contributed by atoms with van der Waals surface area (Å²) in [5.74, 6) is 1.13. The largest absolute Gasteiger partial charge is 0.383 e. The van der Waals surface area contributed by atoms with Crippen LogP contribution in [0.4, 0.5) is 11.5 Å². The summed E-state index contributed by atoms with van der Waals surface area (Å²) in [6.45, 7) is 4.70. The highest BCUT2D eigenvalue weighted by atomic mass is 16.1. The Hall–Kier alpha value is -4.60. The van der Waals surface area contributed by atoms with Crippen molar-refractivity contribution < 1.29 is 4.79 Å². The second-order valence-corrected chi connectivity index (χ2v) is 13.1. The molecule has 2 aliphatic carbocycles. The molecule has 0 spiro atoms. The minimum atomic E-state index is -0.232. The molecule has 0 amide bonds. The molecule has 2 saturated carbocycles. The van der Waals surface area contributed by atoms with Gasteiger partial charge in [-0.3, -0.25) is 9.47 Å². The van der Waals surface area contributed by atoms with Crippen LogP contribution in [-0.2, 0) is 10.3 Å². The third-order valence-corrected chi connectivity index (χ3v) is 10.1. The quantitative estimate of drug-likeness (QED) is 0.235. The lowest BCUT2D eigenvalue weighted by Gasteiger charge is -2.38. The van der Waals surface area contributed by atoms with Gasteiger partial charge in [-0.2, -0.15) is 0 Å². The number of nitrogens with zero attached hydrogens (tertiary/aromatic N) is 6. The van der Waals surface area contributed by atoms with Gasteiger partial charge in [-0.25, -0.2) is 15.0 Å². The predicted molar refractivity (Wildman–Crippen MR) is 178 cm³/mol. The molecular formula is C36H38N8O. The molecule has 228 valence electrons. The van der Waals surface area contributed by atoms with Crippen molar-refractivity contribution in [3.8, 4) is 28.3 Å². The summed E-state index contributed by atoms with van der Waals surface area (Å²) < 4.78 is 2.08. The zero-order valence-electron chi connectivity index (χ0n) is 25.4. The number of anilines is 2. The Morgan fingerprint density at radius 3 is 2.33 bits per heavy atom. The molecule has 45 heavy (non-hydrogen) atoms. The van der Waals surface area contributed by atoms with Crippen LogP contribution in [0.1, 0.15) is 37.7 Å². The van der Waals surface area contributed by atoms with Gasteiger partial charge in [-0.05, 0) is 86.2 Å². The van der Waals surface area contributed by atoms with Gasteiger partial charge >= 0.3 is 0 Å². The third-order valence-electron chi connectivity index (χ3n) is 10.1. The van der Waals surface area contributed by atoms with Crippen LogP contribution < -0.4 is 16.4 Å². The van der Waals surface area contributed by atoms with Crippen LogP contribution in [-0.4, -0.2) is 63.4 Å². The number of hydrogen-bond donors (Lipinski definition) is 2. The Balaban J connectivity index is 1.13. The maximum Gasteiger partial charge on any atom is 0.165 e. The Kier molecular flexibility index (Phi) is 6.69. The molecule has 0 unspecified atom stereocenters. The standard InChI is InChI=1S/C36H38N8O/c37-32-29(6-2-17-39-32)33-41-31-12-11-30(40-34(31)44(33)27-9-7-26(8-10-27)36(38)13-3-14-36)25-4-1-5-28(22-25)43-20-18-42(19-21-43)23-35(24-45)15-16-35/h1-2,4-12,17,22,24H,3,13-16,18-21,23,38H2,(H2,37,39). The van der Waals surface area contributed by atoms with Gasteiger partial charge in [-0.1, -0.05) is 24.3 Å². The molecule has 3 aromatic heterocycles. The fourth-order valence-corrected chi connectivity index (χ4v) is 6.88. The molecule has 4 N–H and O–H groups in total. The lowest BCUT2D eigenvalue weighted by molar-refractivity contribution is -0.112. The van der Waals surface area contributed by atoms with Crippen LogP contribution in [0.15, 0.2) is 79.0 Å². The first kappa shape index (κ1) is 27.9. The first-order valence-electron chi connectivity index (χ1n) is 16.0. The molecule has 0 bridgehead atoms. The van der Waals surface area contributed by atoms with E-state index in [-0.39, 0.29) is 11.0 Å². The number of carbonyl (C=O) groups excluding carboxylic acids is 1. The number of imidazole rings is 1. The van der Waals surface area contributed by atoms with Crippen LogP contribution in [0.3, 0.4) is 0 Å². The molecule has 4 heterocycles. The predicted octanol–water partition coefficient (Wildman–Crippen LogP) is 5.17. The number of hydrogen-bond acceptors (Lipinski definition) is 8. The fraction of sp³-hybridized carbons (Fsp3) is 0.333. The lowest BCUT2D eigenvalue weighted by atomic mass is 9.73. The number of pyridine rings is 2. The summed E-state index contributed by atoms with van der Waals surface area (Å²) in [4.78, 5) is 30.9. The molecule has 1 saturated heterocycles. The summed E-state index contributed by atoms with van der Waals surface area (Å²) in [6, 6.07) is 25.0. The first-order valence-corrected chi connectivity index (χ1v) is 16.0. The molecule has 2 aromatic carbocycles. The summed E-state index contributed by atoms with van der Waals surface area (Å²) in [6.07, 6.45) is 8.13. The van der Waals surface area contributed by atoms with E-state index in [2.05, 4.69) is 67.9 Å². The molecule has 8 rings (SSSR count). The number of aldehydes is 1. The Bertz CT molecular complexity index is 1880.